The van der Waals surface area contributed by atoms with E-state index in [1.54, 1.807) is 25.3 Å². The van der Waals surface area contributed by atoms with Gasteiger partial charge in [-0.15, -0.1) is 0 Å². The molecule has 1 aliphatic carbocycles. The normalized spacial score (nSPS) is 25.4. The first-order chi connectivity index (χ1) is 21.6. The highest BCUT2D eigenvalue weighted by molar-refractivity contribution is 7.89. The summed E-state index contributed by atoms with van der Waals surface area (Å²) in [5.74, 6) is 1.45. The number of fused-ring (bicyclic) bond motifs is 1. The van der Waals surface area contributed by atoms with Crippen molar-refractivity contribution in [2.45, 2.75) is 63.0 Å². The molecular formula is C33H41N3O8S. The minimum absolute atomic E-state index is 0.0182. The Balaban J connectivity index is 1.19. The van der Waals surface area contributed by atoms with Crippen molar-refractivity contribution in [2.75, 3.05) is 26.3 Å². The lowest BCUT2D eigenvalue weighted by Gasteiger charge is -2.31. The molecule has 7 atom stereocenters. The number of carbonyl (C=O) groups excluding carboxylic acids is 1. The summed E-state index contributed by atoms with van der Waals surface area (Å²) in [5.41, 5.74) is 1.59. The first-order valence-corrected chi connectivity index (χ1v) is 17.0. The van der Waals surface area contributed by atoms with Gasteiger partial charge in [0.1, 0.15) is 6.10 Å². The number of alkyl carbamates (subject to hydrolysis) is 1. The zero-order valence-corrected chi connectivity index (χ0v) is 26.6. The van der Waals surface area contributed by atoms with Crippen LogP contribution >= 0.6 is 0 Å². The van der Waals surface area contributed by atoms with Gasteiger partial charge in [-0.05, 0) is 48.6 Å². The van der Waals surface area contributed by atoms with Crippen molar-refractivity contribution in [1.29, 1.82) is 0 Å². The van der Waals surface area contributed by atoms with Crippen LogP contribution in [-0.4, -0.2) is 79.7 Å². The highest BCUT2D eigenvalue weighted by atomic mass is 32.2. The van der Waals surface area contributed by atoms with E-state index in [1.807, 2.05) is 44.2 Å². The molecule has 0 spiro atoms. The van der Waals surface area contributed by atoms with Crippen molar-refractivity contribution in [1.82, 2.24) is 14.6 Å². The molecular weight excluding hydrogens is 598 g/mol. The van der Waals surface area contributed by atoms with Crippen LogP contribution in [0, 0.1) is 30.6 Å². The van der Waals surface area contributed by atoms with E-state index in [4.69, 9.17) is 18.6 Å². The van der Waals surface area contributed by atoms with Gasteiger partial charge in [-0.1, -0.05) is 44.2 Å². The number of hydrogen-bond acceptors (Lipinski definition) is 9. The summed E-state index contributed by atoms with van der Waals surface area (Å²) in [6.45, 7) is 6.50. The maximum absolute atomic E-state index is 13.9. The van der Waals surface area contributed by atoms with Crippen LogP contribution in [0.3, 0.4) is 0 Å². The first-order valence-electron chi connectivity index (χ1n) is 15.5. The highest BCUT2D eigenvalue weighted by Crippen LogP contribution is 2.49. The summed E-state index contributed by atoms with van der Waals surface area (Å²) in [5, 5.41) is 14.5. The van der Waals surface area contributed by atoms with Gasteiger partial charge in [0.2, 0.25) is 10.0 Å². The third-order valence-corrected chi connectivity index (χ3v) is 10.8. The number of aromatic nitrogens is 1. The summed E-state index contributed by atoms with van der Waals surface area (Å²) in [6, 6.07) is 15.0. The molecule has 12 heteroatoms. The Bertz CT molecular complexity index is 1560. The van der Waals surface area contributed by atoms with Crippen molar-refractivity contribution in [2.24, 2.45) is 23.7 Å². The van der Waals surface area contributed by atoms with Crippen LogP contribution in [0.2, 0.25) is 0 Å². The number of aliphatic hydroxyl groups is 1. The number of rotatable bonds is 12. The topological polar surface area (TPSA) is 140 Å². The lowest BCUT2D eigenvalue weighted by atomic mass is 9.98. The van der Waals surface area contributed by atoms with Crippen LogP contribution in [0.1, 0.15) is 31.7 Å². The average molecular weight is 640 g/mol. The van der Waals surface area contributed by atoms with Crippen molar-refractivity contribution >= 4 is 16.1 Å². The Labute approximate surface area is 263 Å². The summed E-state index contributed by atoms with van der Waals surface area (Å²) >= 11 is 0. The number of hydrogen-bond donors (Lipinski definition) is 2. The molecule has 3 aliphatic rings. The second-order valence-electron chi connectivity index (χ2n) is 12.7. The zero-order chi connectivity index (χ0) is 31.7. The largest absolute Gasteiger partial charge is 0.445 e. The molecule has 2 aromatic carbocycles. The number of aliphatic hydroxyl groups excluding tert-OH is 1. The third-order valence-electron chi connectivity index (χ3n) is 8.96. The van der Waals surface area contributed by atoms with Crippen molar-refractivity contribution < 1.29 is 36.9 Å². The Morgan fingerprint density at radius 2 is 1.80 bits per heavy atom. The fourth-order valence-electron chi connectivity index (χ4n) is 6.76. The molecule has 3 heterocycles. The minimum atomic E-state index is -4.00. The number of aryl methyl sites for hydroxylation is 1. The van der Waals surface area contributed by atoms with Gasteiger partial charge in [-0.3, -0.25) is 0 Å². The monoisotopic (exact) mass is 639 g/mol. The smallest absolute Gasteiger partial charge is 0.407 e. The standard InChI is InChI=1S/C33H41N3O8S/c1-20(2)16-36(45(39,40)25-11-9-23(10-12-25)30-15-34-21(3)43-30)17-29(37)28(13-22-7-5-4-6-8-22)35-33(38)44-31-24-14-26-27(31)19-42-32(26)41-18-24/h4-12,15,20,24,26-29,31-32,37H,13-14,16-19H2,1-3H3,(H,35,38)/t24?,26?,27?,28-,29+,31?,32?/m0/s1. The number of oxazole rings is 1. The average Bonchev–Trinajstić information content (AvgIpc) is 3.71. The van der Waals surface area contributed by atoms with Crippen LogP contribution in [-0.2, 0) is 30.7 Å². The Morgan fingerprint density at radius 3 is 2.49 bits per heavy atom. The molecule has 1 amide bonds. The van der Waals surface area contributed by atoms with E-state index in [0.29, 0.717) is 30.4 Å². The predicted molar refractivity (Wildman–Crippen MR) is 164 cm³/mol. The van der Waals surface area contributed by atoms with Gasteiger partial charge in [0.15, 0.2) is 17.9 Å². The molecule has 2 bridgehead atoms. The molecule has 3 aromatic rings. The summed E-state index contributed by atoms with van der Waals surface area (Å²) < 4.78 is 52.2. The molecule has 3 fully saturated rings. The molecule has 5 unspecified atom stereocenters. The van der Waals surface area contributed by atoms with Gasteiger partial charge in [-0.25, -0.2) is 18.2 Å². The van der Waals surface area contributed by atoms with Crippen LogP contribution in [0.5, 0.6) is 0 Å². The lowest BCUT2D eigenvalue weighted by molar-refractivity contribution is -0.169. The second kappa shape index (κ2) is 13.2. The van der Waals surface area contributed by atoms with E-state index in [2.05, 4.69) is 10.3 Å². The minimum Gasteiger partial charge on any atom is -0.445 e. The van der Waals surface area contributed by atoms with Crippen LogP contribution in [0.15, 0.2) is 70.1 Å². The molecule has 2 N–H and O–H groups in total. The van der Waals surface area contributed by atoms with E-state index in [0.717, 1.165) is 12.0 Å². The van der Waals surface area contributed by atoms with E-state index in [1.165, 1.54) is 16.4 Å². The predicted octanol–water partition coefficient (Wildman–Crippen LogP) is 4.00. The number of sulfonamides is 1. The van der Waals surface area contributed by atoms with Crippen LogP contribution in [0.4, 0.5) is 4.79 Å². The van der Waals surface area contributed by atoms with E-state index in [-0.39, 0.29) is 60.5 Å². The summed E-state index contributed by atoms with van der Waals surface area (Å²) in [7, 11) is -4.00. The SMILES string of the molecule is Cc1ncc(-c2ccc(S(=O)(=O)N(CC(C)C)C[C@@H](O)[C@H](Cc3ccccc3)NC(=O)OC3C4COC5OCC3C5C4)cc2)o1. The first kappa shape index (κ1) is 31.7. The van der Waals surface area contributed by atoms with Gasteiger partial charge in [0.05, 0.1) is 36.5 Å². The molecule has 0 radical (unpaired) electrons. The molecule has 242 valence electrons. The molecule has 2 saturated heterocycles. The maximum atomic E-state index is 13.9. The summed E-state index contributed by atoms with van der Waals surface area (Å²) in [6.07, 6.45) is 0.332. The Kier molecular flexibility index (Phi) is 9.30. The number of carbonyl (C=O) groups is 1. The molecule has 1 aromatic heterocycles. The molecule has 45 heavy (non-hydrogen) atoms. The van der Waals surface area contributed by atoms with E-state index >= 15 is 0 Å². The van der Waals surface area contributed by atoms with Crippen LogP contribution < -0.4 is 5.32 Å². The quantitative estimate of drug-likeness (QED) is 0.301. The number of amides is 1. The summed E-state index contributed by atoms with van der Waals surface area (Å²) in [4.78, 5) is 17.5. The number of nitrogens with zero attached hydrogens (tertiary/aromatic N) is 2. The van der Waals surface area contributed by atoms with Gasteiger partial charge in [0.25, 0.3) is 0 Å². The number of nitrogens with one attached hydrogen (secondary N) is 1. The molecule has 11 nitrogen and oxygen atoms in total. The third kappa shape index (κ3) is 6.95. The van der Waals surface area contributed by atoms with Gasteiger partial charge >= 0.3 is 6.09 Å². The lowest BCUT2D eigenvalue weighted by Crippen LogP contribution is -2.52. The van der Waals surface area contributed by atoms with Crippen molar-refractivity contribution in [3.63, 3.8) is 0 Å². The van der Waals surface area contributed by atoms with Gasteiger partial charge < -0.3 is 29.1 Å². The number of benzene rings is 2. The fourth-order valence-corrected chi connectivity index (χ4v) is 8.38. The van der Waals surface area contributed by atoms with Gasteiger partial charge in [0, 0.05) is 43.3 Å². The Morgan fingerprint density at radius 1 is 1.07 bits per heavy atom. The second-order valence-corrected chi connectivity index (χ2v) is 14.7. The van der Waals surface area contributed by atoms with E-state index in [9.17, 15) is 18.3 Å². The maximum Gasteiger partial charge on any atom is 0.407 e. The molecule has 1 saturated carbocycles. The highest BCUT2D eigenvalue weighted by Gasteiger charge is 2.56. The number of ether oxygens (including phenoxy) is 3. The molecule has 6 rings (SSSR count). The van der Waals surface area contributed by atoms with Crippen LogP contribution in [0.25, 0.3) is 11.3 Å². The van der Waals surface area contributed by atoms with Crippen molar-refractivity contribution in [3.8, 4) is 11.3 Å². The van der Waals surface area contributed by atoms with Crippen molar-refractivity contribution in [3.05, 3.63) is 72.2 Å². The zero-order valence-electron chi connectivity index (χ0n) is 25.7. The fraction of sp³-hybridized carbons (Fsp3) is 0.515. The Hall–Kier alpha value is -3.29. The van der Waals surface area contributed by atoms with Gasteiger partial charge in [-0.2, -0.15) is 4.31 Å². The molecule has 2 aliphatic heterocycles. The van der Waals surface area contributed by atoms with E-state index < -0.39 is 28.3 Å².